The van der Waals surface area contributed by atoms with Gasteiger partial charge in [-0.25, -0.2) is 8.42 Å². The maximum atomic E-state index is 12.0. The van der Waals surface area contributed by atoms with Gasteiger partial charge < -0.3 is 10.4 Å². The topological polar surface area (TPSA) is 83.5 Å². The third-order valence-electron chi connectivity index (χ3n) is 4.91. The van der Waals surface area contributed by atoms with Gasteiger partial charge in [0, 0.05) is 13.0 Å². The summed E-state index contributed by atoms with van der Waals surface area (Å²) in [5.41, 5.74) is -0.886. The van der Waals surface area contributed by atoms with Crippen LogP contribution in [0.1, 0.15) is 52.4 Å². The third-order valence-corrected chi connectivity index (χ3v) is 6.72. The fourth-order valence-corrected chi connectivity index (χ4v) is 5.20. The van der Waals surface area contributed by atoms with Crippen molar-refractivity contribution in [3.8, 4) is 0 Å². The molecule has 0 bridgehead atoms. The summed E-state index contributed by atoms with van der Waals surface area (Å²) >= 11 is 0. The lowest BCUT2D eigenvalue weighted by atomic mass is 9.72. The Hall–Kier alpha value is -0.620. The number of carbonyl (C=O) groups is 1. The number of aliphatic hydroxyl groups is 1. The van der Waals surface area contributed by atoms with Crippen molar-refractivity contribution >= 4 is 15.7 Å². The molecule has 21 heavy (non-hydrogen) atoms. The molecule has 1 aliphatic heterocycles. The smallest absolute Gasteiger partial charge is 0.220 e. The molecule has 1 amide bonds. The molecule has 2 fully saturated rings. The lowest BCUT2D eigenvalue weighted by molar-refractivity contribution is -0.123. The monoisotopic (exact) mass is 317 g/mol. The van der Waals surface area contributed by atoms with Crippen LogP contribution in [0.2, 0.25) is 0 Å². The van der Waals surface area contributed by atoms with E-state index >= 15 is 0 Å². The maximum Gasteiger partial charge on any atom is 0.220 e. The summed E-state index contributed by atoms with van der Waals surface area (Å²) < 4.78 is 22.8. The molecule has 2 N–H and O–H groups in total. The molecule has 0 aromatic rings. The minimum absolute atomic E-state index is 0.0110. The van der Waals surface area contributed by atoms with Crippen LogP contribution in [-0.2, 0) is 14.6 Å². The first-order valence-electron chi connectivity index (χ1n) is 7.79. The summed E-state index contributed by atoms with van der Waals surface area (Å²) in [7, 11) is -3.14. The van der Waals surface area contributed by atoms with E-state index in [4.69, 9.17) is 0 Å². The minimum Gasteiger partial charge on any atom is -0.387 e. The van der Waals surface area contributed by atoms with E-state index in [1.807, 2.05) is 0 Å². The highest BCUT2D eigenvalue weighted by atomic mass is 32.2. The minimum atomic E-state index is -3.14. The predicted molar refractivity (Wildman–Crippen MR) is 81.6 cm³/mol. The zero-order valence-electron chi connectivity index (χ0n) is 13.0. The first kappa shape index (κ1) is 16.7. The van der Waals surface area contributed by atoms with Gasteiger partial charge in [0.1, 0.15) is 0 Å². The highest BCUT2D eigenvalue weighted by molar-refractivity contribution is 7.91. The van der Waals surface area contributed by atoms with Crippen LogP contribution >= 0.6 is 0 Å². The predicted octanol–water partition coefficient (Wildman–Crippen LogP) is 1.26. The Bertz CT molecular complexity index is 490. The summed E-state index contributed by atoms with van der Waals surface area (Å²) in [6, 6.07) is 0. The summed E-state index contributed by atoms with van der Waals surface area (Å²) in [6.07, 6.45) is 5.13. The Morgan fingerprint density at radius 1 is 1.24 bits per heavy atom. The molecule has 0 spiro atoms. The number of amides is 1. The molecule has 2 rings (SSSR count). The number of hydrogen-bond acceptors (Lipinski definition) is 4. The van der Waals surface area contributed by atoms with Gasteiger partial charge in [-0.15, -0.1) is 0 Å². The largest absolute Gasteiger partial charge is 0.387 e. The summed E-state index contributed by atoms with van der Waals surface area (Å²) in [6.45, 7) is 4.57. The van der Waals surface area contributed by atoms with Crippen molar-refractivity contribution in [2.45, 2.75) is 58.0 Å². The van der Waals surface area contributed by atoms with Crippen molar-refractivity contribution in [1.29, 1.82) is 0 Å². The van der Waals surface area contributed by atoms with Crippen molar-refractivity contribution in [1.82, 2.24) is 5.32 Å². The van der Waals surface area contributed by atoms with Gasteiger partial charge in [0.25, 0.3) is 0 Å². The van der Waals surface area contributed by atoms with Gasteiger partial charge in [0.2, 0.25) is 5.91 Å². The van der Waals surface area contributed by atoms with Crippen LogP contribution in [0, 0.1) is 11.3 Å². The normalized spacial score (nSPS) is 32.0. The zero-order valence-corrected chi connectivity index (χ0v) is 13.8. The molecule has 0 radical (unpaired) electrons. The zero-order chi connectivity index (χ0) is 15.7. The van der Waals surface area contributed by atoms with Crippen molar-refractivity contribution in [3.05, 3.63) is 0 Å². The quantitative estimate of drug-likeness (QED) is 0.817. The Morgan fingerprint density at radius 2 is 1.86 bits per heavy atom. The SMILES string of the molecule is CC1(C)CCC(CC(=O)NCC2(O)CCS(=O)(=O)C2)CC1. The number of hydrogen-bond donors (Lipinski definition) is 2. The van der Waals surface area contributed by atoms with Crippen LogP contribution < -0.4 is 5.32 Å². The van der Waals surface area contributed by atoms with E-state index in [1.54, 1.807) is 0 Å². The van der Waals surface area contributed by atoms with E-state index < -0.39 is 15.4 Å². The molecule has 5 nitrogen and oxygen atoms in total. The molecule has 1 atom stereocenters. The number of carbonyl (C=O) groups excluding carboxylic acids is 1. The Kier molecular flexibility index (Phi) is 4.69. The lowest BCUT2D eigenvalue weighted by Crippen LogP contribution is -2.44. The molecule has 2 aliphatic rings. The molecule has 122 valence electrons. The van der Waals surface area contributed by atoms with Crippen LogP contribution in [0.4, 0.5) is 0 Å². The Labute approximate surface area is 127 Å². The average Bonchev–Trinajstić information content (AvgIpc) is 2.65. The van der Waals surface area contributed by atoms with Gasteiger partial charge in [-0.1, -0.05) is 13.8 Å². The van der Waals surface area contributed by atoms with Crippen molar-refractivity contribution in [3.63, 3.8) is 0 Å². The molecule has 1 unspecified atom stereocenters. The van der Waals surface area contributed by atoms with E-state index in [0.717, 1.165) is 25.7 Å². The second-order valence-corrected chi connectivity index (χ2v) is 9.84. The highest BCUT2D eigenvalue weighted by Crippen LogP contribution is 2.39. The van der Waals surface area contributed by atoms with Crippen molar-refractivity contribution in [2.24, 2.45) is 11.3 Å². The first-order valence-corrected chi connectivity index (χ1v) is 9.61. The first-order chi connectivity index (χ1) is 9.59. The molecule has 1 aliphatic carbocycles. The molecule has 1 saturated heterocycles. The summed E-state index contributed by atoms with van der Waals surface area (Å²) in [5, 5.41) is 12.9. The third kappa shape index (κ3) is 4.95. The number of nitrogens with one attached hydrogen (secondary N) is 1. The van der Waals surface area contributed by atoms with Crippen molar-refractivity contribution in [2.75, 3.05) is 18.1 Å². The molecule has 0 aromatic carbocycles. The van der Waals surface area contributed by atoms with E-state index in [1.165, 1.54) is 0 Å². The van der Waals surface area contributed by atoms with Crippen LogP contribution in [0.5, 0.6) is 0 Å². The van der Waals surface area contributed by atoms with E-state index in [2.05, 4.69) is 19.2 Å². The van der Waals surface area contributed by atoms with Gasteiger partial charge in [0.15, 0.2) is 9.84 Å². The van der Waals surface area contributed by atoms with Crippen LogP contribution in [0.15, 0.2) is 0 Å². The van der Waals surface area contributed by atoms with Crippen molar-refractivity contribution < 1.29 is 18.3 Å². The van der Waals surface area contributed by atoms with Gasteiger partial charge in [-0.05, 0) is 43.4 Å². The molecular formula is C15H27NO4S. The van der Waals surface area contributed by atoms with Crippen LogP contribution in [0.3, 0.4) is 0 Å². The second kappa shape index (κ2) is 5.88. The fraction of sp³-hybridized carbons (Fsp3) is 0.933. The van der Waals surface area contributed by atoms with Crippen LogP contribution in [-0.4, -0.2) is 43.1 Å². The fourth-order valence-electron chi connectivity index (χ4n) is 3.30. The van der Waals surface area contributed by atoms with Gasteiger partial charge in [-0.2, -0.15) is 0 Å². The molecule has 1 heterocycles. The summed E-state index contributed by atoms with van der Waals surface area (Å²) in [4.78, 5) is 12.0. The molecule has 6 heteroatoms. The Balaban J connectivity index is 1.73. The summed E-state index contributed by atoms with van der Waals surface area (Å²) in [5.74, 6) is 0.118. The Morgan fingerprint density at radius 3 is 2.38 bits per heavy atom. The molecule has 0 aromatic heterocycles. The van der Waals surface area contributed by atoms with Gasteiger partial charge in [-0.3, -0.25) is 4.79 Å². The van der Waals surface area contributed by atoms with Gasteiger partial charge in [0.05, 0.1) is 17.1 Å². The average molecular weight is 317 g/mol. The number of sulfone groups is 1. The van der Waals surface area contributed by atoms with E-state index in [-0.39, 0.29) is 30.4 Å². The molecule has 1 saturated carbocycles. The molecular weight excluding hydrogens is 290 g/mol. The lowest BCUT2D eigenvalue weighted by Gasteiger charge is -2.34. The van der Waals surface area contributed by atoms with E-state index in [0.29, 0.717) is 17.8 Å². The van der Waals surface area contributed by atoms with E-state index in [9.17, 15) is 18.3 Å². The second-order valence-electron chi connectivity index (χ2n) is 7.65. The maximum absolute atomic E-state index is 12.0. The van der Waals surface area contributed by atoms with Crippen LogP contribution in [0.25, 0.3) is 0 Å². The van der Waals surface area contributed by atoms with Gasteiger partial charge >= 0.3 is 0 Å². The highest BCUT2D eigenvalue weighted by Gasteiger charge is 2.40. The standard InChI is InChI=1S/C15H27NO4S/c1-14(2)5-3-12(4-6-14)9-13(17)16-10-15(18)7-8-21(19,20)11-15/h12,18H,3-11H2,1-2H3,(H,16,17). The number of rotatable bonds is 4.